The lowest BCUT2D eigenvalue weighted by atomic mass is 10.1. The number of anilines is 2. The van der Waals surface area contributed by atoms with Gasteiger partial charge in [-0.3, -0.25) is 14.4 Å². The number of nitrogens with one attached hydrogen (secondary N) is 2. The first-order valence-electron chi connectivity index (χ1n) is 9.18. The van der Waals surface area contributed by atoms with Gasteiger partial charge in [-0.1, -0.05) is 6.07 Å². The van der Waals surface area contributed by atoms with E-state index >= 15 is 0 Å². The van der Waals surface area contributed by atoms with Crippen LogP contribution in [0.2, 0.25) is 0 Å². The van der Waals surface area contributed by atoms with Crippen molar-refractivity contribution in [3.63, 3.8) is 0 Å². The lowest BCUT2D eigenvalue weighted by molar-refractivity contribution is -0.137. The molecule has 0 heterocycles. The summed E-state index contributed by atoms with van der Waals surface area (Å²) in [5, 5.41) is 14.2. The van der Waals surface area contributed by atoms with Gasteiger partial charge in [0.1, 0.15) is 5.75 Å². The number of carbonyl (C=O) groups excluding carboxylic acids is 2. The highest BCUT2D eigenvalue weighted by molar-refractivity contribution is 6.05. The molecular weight excluding hydrogens is 360 g/mol. The maximum absolute atomic E-state index is 12.4. The summed E-state index contributed by atoms with van der Waals surface area (Å²) < 4.78 is 5.46. The molecule has 3 N–H and O–H groups in total. The topological polar surface area (TPSA) is 105 Å². The molecule has 2 amide bonds. The molecule has 2 aromatic carbocycles. The van der Waals surface area contributed by atoms with Crippen LogP contribution < -0.4 is 15.4 Å². The van der Waals surface area contributed by atoms with Gasteiger partial charge in [-0.05, 0) is 61.7 Å². The SMILES string of the molecule is O=C(O)CCCOc1ccc(NC(=O)c2cccc(NC(=O)C3CC3)c2)cc1. The first-order valence-corrected chi connectivity index (χ1v) is 9.18. The fourth-order valence-corrected chi connectivity index (χ4v) is 2.58. The molecule has 7 nitrogen and oxygen atoms in total. The molecular formula is C21H22N2O5. The Bertz CT molecular complexity index is 859. The lowest BCUT2D eigenvalue weighted by Gasteiger charge is -2.09. The molecule has 0 unspecified atom stereocenters. The fraction of sp³-hybridized carbons (Fsp3) is 0.286. The second kappa shape index (κ2) is 9.03. The van der Waals surface area contributed by atoms with E-state index < -0.39 is 5.97 Å². The molecule has 0 aromatic heterocycles. The van der Waals surface area contributed by atoms with E-state index in [2.05, 4.69) is 10.6 Å². The van der Waals surface area contributed by atoms with Gasteiger partial charge in [0.15, 0.2) is 0 Å². The van der Waals surface area contributed by atoms with Crippen LogP contribution in [0.4, 0.5) is 11.4 Å². The van der Waals surface area contributed by atoms with E-state index in [1.165, 1.54) is 0 Å². The Kier molecular flexibility index (Phi) is 6.26. The summed E-state index contributed by atoms with van der Waals surface area (Å²) >= 11 is 0. The molecule has 1 saturated carbocycles. The highest BCUT2D eigenvalue weighted by Crippen LogP contribution is 2.30. The molecule has 1 aliphatic rings. The van der Waals surface area contributed by atoms with Crippen LogP contribution >= 0.6 is 0 Å². The number of carbonyl (C=O) groups is 3. The van der Waals surface area contributed by atoms with Crippen LogP contribution in [-0.4, -0.2) is 29.5 Å². The van der Waals surface area contributed by atoms with E-state index in [1.807, 2.05) is 0 Å². The van der Waals surface area contributed by atoms with Crippen LogP contribution in [0.1, 0.15) is 36.0 Å². The minimum atomic E-state index is -0.849. The molecule has 1 fully saturated rings. The Morgan fingerprint density at radius 1 is 1.00 bits per heavy atom. The minimum Gasteiger partial charge on any atom is -0.494 e. The zero-order valence-electron chi connectivity index (χ0n) is 15.3. The summed E-state index contributed by atoms with van der Waals surface area (Å²) in [6, 6.07) is 13.7. The molecule has 0 radical (unpaired) electrons. The van der Waals surface area contributed by atoms with E-state index in [0.717, 1.165) is 12.8 Å². The number of hydrogen-bond donors (Lipinski definition) is 3. The third-order valence-electron chi connectivity index (χ3n) is 4.26. The van der Waals surface area contributed by atoms with Crippen molar-refractivity contribution < 1.29 is 24.2 Å². The molecule has 146 valence electrons. The molecule has 28 heavy (non-hydrogen) atoms. The number of aliphatic carboxylic acids is 1. The Labute approximate surface area is 162 Å². The van der Waals surface area contributed by atoms with Gasteiger partial charge in [-0.15, -0.1) is 0 Å². The van der Waals surface area contributed by atoms with Gasteiger partial charge in [0.2, 0.25) is 5.91 Å². The van der Waals surface area contributed by atoms with Gasteiger partial charge in [-0.2, -0.15) is 0 Å². The molecule has 0 saturated heterocycles. The molecule has 0 atom stereocenters. The third kappa shape index (κ3) is 5.84. The van der Waals surface area contributed by atoms with Gasteiger partial charge in [0, 0.05) is 29.3 Å². The predicted molar refractivity (Wildman–Crippen MR) is 105 cm³/mol. The van der Waals surface area contributed by atoms with Gasteiger partial charge in [-0.25, -0.2) is 0 Å². The second-order valence-electron chi connectivity index (χ2n) is 6.67. The number of amides is 2. The van der Waals surface area contributed by atoms with Crippen molar-refractivity contribution in [1.82, 2.24) is 0 Å². The van der Waals surface area contributed by atoms with E-state index in [9.17, 15) is 14.4 Å². The van der Waals surface area contributed by atoms with Crippen molar-refractivity contribution in [2.24, 2.45) is 5.92 Å². The zero-order chi connectivity index (χ0) is 19.9. The van der Waals surface area contributed by atoms with E-state index in [-0.39, 0.29) is 24.2 Å². The highest BCUT2D eigenvalue weighted by atomic mass is 16.5. The standard InChI is InChI=1S/C21H22N2O5/c24-19(25)5-2-12-28-18-10-8-16(9-11-18)22-21(27)15-3-1-4-17(13-15)23-20(26)14-6-7-14/h1,3-4,8-11,13-14H,2,5-7,12H2,(H,22,27)(H,23,26)(H,24,25). The van der Waals surface area contributed by atoms with Crippen LogP contribution in [0.15, 0.2) is 48.5 Å². The summed E-state index contributed by atoms with van der Waals surface area (Å²) in [7, 11) is 0. The van der Waals surface area contributed by atoms with Crippen molar-refractivity contribution in [3.05, 3.63) is 54.1 Å². The number of hydrogen-bond acceptors (Lipinski definition) is 4. The van der Waals surface area contributed by atoms with Crippen LogP contribution in [0.5, 0.6) is 5.75 Å². The summed E-state index contributed by atoms with van der Waals surface area (Å²) in [6.07, 6.45) is 2.34. The molecule has 7 heteroatoms. The zero-order valence-corrected chi connectivity index (χ0v) is 15.3. The Morgan fingerprint density at radius 3 is 2.43 bits per heavy atom. The largest absolute Gasteiger partial charge is 0.494 e. The third-order valence-corrected chi connectivity index (χ3v) is 4.26. The fourth-order valence-electron chi connectivity index (χ4n) is 2.58. The van der Waals surface area contributed by atoms with Crippen molar-refractivity contribution >= 4 is 29.2 Å². The maximum atomic E-state index is 12.4. The first kappa shape index (κ1) is 19.4. The molecule has 3 rings (SSSR count). The molecule has 0 bridgehead atoms. The van der Waals surface area contributed by atoms with Gasteiger partial charge in [0.25, 0.3) is 5.91 Å². The summed E-state index contributed by atoms with van der Waals surface area (Å²) in [6.45, 7) is 0.317. The number of benzene rings is 2. The number of carboxylic acids is 1. The average Bonchev–Trinajstić information content (AvgIpc) is 3.52. The monoisotopic (exact) mass is 382 g/mol. The van der Waals surface area contributed by atoms with Crippen LogP contribution in [-0.2, 0) is 9.59 Å². The van der Waals surface area contributed by atoms with E-state index in [1.54, 1.807) is 48.5 Å². The van der Waals surface area contributed by atoms with Gasteiger partial charge < -0.3 is 20.5 Å². The smallest absolute Gasteiger partial charge is 0.303 e. The lowest BCUT2D eigenvalue weighted by Crippen LogP contribution is -2.15. The molecule has 2 aromatic rings. The van der Waals surface area contributed by atoms with Crippen LogP contribution in [0.3, 0.4) is 0 Å². The van der Waals surface area contributed by atoms with Crippen LogP contribution in [0.25, 0.3) is 0 Å². The Balaban J connectivity index is 1.52. The van der Waals surface area contributed by atoms with Gasteiger partial charge >= 0.3 is 5.97 Å². The Morgan fingerprint density at radius 2 is 1.75 bits per heavy atom. The summed E-state index contributed by atoms with van der Waals surface area (Å²) in [5.74, 6) is -0.428. The van der Waals surface area contributed by atoms with Gasteiger partial charge in [0.05, 0.1) is 6.61 Å². The van der Waals surface area contributed by atoms with E-state index in [4.69, 9.17) is 9.84 Å². The minimum absolute atomic E-state index is 0.00324. The Hall–Kier alpha value is -3.35. The molecule has 1 aliphatic carbocycles. The van der Waals surface area contributed by atoms with Crippen molar-refractivity contribution in [3.8, 4) is 5.75 Å². The number of carboxylic acid groups (broad SMARTS) is 1. The maximum Gasteiger partial charge on any atom is 0.303 e. The molecule has 0 spiro atoms. The number of ether oxygens (including phenoxy) is 1. The second-order valence-corrected chi connectivity index (χ2v) is 6.67. The normalized spacial score (nSPS) is 12.9. The van der Waals surface area contributed by atoms with Crippen molar-refractivity contribution in [2.75, 3.05) is 17.2 Å². The first-order chi connectivity index (χ1) is 13.5. The highest BCUT2D eigenvalue weighted by Gasteiger charge is 2.29. The molecule has 0 aliphatic heterocycles. The van der Waals surface area contributed by atoms with E-state index in [0.29, 0.717) is 35.7 Å². The number of rotatable bonds is 9. The van der Waals surface area contributed by atoms with Crippen molar-refractivity contribution in [2.45, 2.75) is 25.7 Å². The predicted octanol–water partition coefficient (Wildman–Crippen LogP) is 3.53. The average molecular weight is 382 g/mol. The summed E-state index contributed by atoms with van der Waals surface area (Å²) in [4.78, 5) is 34.8. The quantitative estimate of drug-likeness (QED) is 0.576. The summed E-state index contributed by atoms with van der Waals surface area (Å²) in [5.41, 5.74) is 1.66. The van der Waals surface area contributed by atoms with Crippen molar-refractivity contribution in [1.29, 1.82) is 0 Å². The van der Waals surface area contributed by atoms with Crippen LogP contribution in [0, 0.1) is 5.92 Å².